The Labute approximate surface area is 160 Å². The number of benzene rings is 1. The van der Waals surface area contributed by atoms with Crippen LogP contribution in [0.1, 0.15) is 23.7 Å². The standard InChI is InChI=1S/C20H19N5O3/c1-12-14-7-9-24(19(14)22-11-21-12)20-17(27)16(26)18(28-20)15-8-10-25(23-15)13-5-3-2-4-6-13/h2-11,16-18,20,26-27H,1H3. The minimum atomic E-state index is -1.11. The predicted molar refractivity (Wildman–Crippen MR) is 101 cm³/mol. The number of para-hydroxylation sites is 1. The molecule has 0 spiro atoms. The van der Waals surface area contributed by atoms with Crippen LogP contribution < -0.4 is 0 Å². The number of hydrogen-bond acceptors (Lipinski definition) is 6. The summed E-state index contributed by atoms with van der Waals surface area (Å²) in [4.78, 5) is 8.49. The number of aliphatic hydroxyl groups is 2. The van der Waals surface area contributed by atoms with Gasteiger partial charge in [-0.25, -0.2) is 14.6 Å². The van der Waals surface area contributed by atoms with Crippen molar-refractivity contribution < 1.29 is 14.9 Å². The van der Waals surface area contributed by atoms with Crippen LogP contribution in [0.2, 0.25) is 0 Å². The third-order valence-electron chi connectivity index (χ3n) is 5.14. The maximum Gasteiger partial charge on any atom is 0.164 e. The average molecular weight is 377 g/mol. The summed E-state index contributed by atoms with van der Waals surface area (Å²) >= 11 is 0. The molecule has 1 aromatic carbocycles. The van der Waals surface area contributed by atoms with Crippen LogP contribution in [0.4, 0.5) is 0 Å². The lowest BCUT2D eigenvalue weighted by molar-refractivity contribution is -0.0368. The zero-order chi connectivity index (χ0) is 19.3. The number of fused-ring (bicyclic) bond motifs is 1. The number of aliphatic hydroxyl groups excluding tert-OH is 2. The van der Waals surface area contributed by atoms with E-state index in [4.69, 9.17) is 4.74 Å². The normalized spacial score (nSPS) is 24.8. The van der Waals surface area contributed by atoms with Crippen LogP contribution in [0.5, 0.6) is 0 Å². The molecule has 1 aliphatic heterocycles. The summed E-state index contributed by atoms with van der Waals surface area (Å²) in [6.45, 7) is 1.90. The van der Waals surface area contributed by atoms with Crippen molar-refractivity contribution >= 4 is 11.0 Å². The topological polar surface area (TPSA) is 98.2 Å². The Hall–Kier alpha value is -3.07. The fraction of sp³-hybridized carbons (Fsp3) is 0.250. The second-order valence-electron chi connectivity index (χ2n) is 6.87. The minimum Gasteiger partial charge on any atom is -0.387 e. The third kappa shape index (κ3) is 2.62. The molecule has 0 aliphatic carbocycles. The molecule has 8 heteroatoms. The van der Waals surface area contributed by atoms with Crippen LogP contribution in [0.25, 0.3) is 16.7 Å². The van der Waals surface area contributed by atoms with E-state index < -0.39 is 24.5 Å². The van der Waals surface area contributed by atoms with Crippen LogP contribution in [-0.4, -0.2) is 46.7 Å². The van der Waals surface area contributed by atoms with Gasteiger partial charge in [0.05, 0.1) is 17.1 Å². The molecule has 0 amide bonds. The van der Waals surface area contributed by atoms with Crippen LogP contribution in [0.15, 0.2) is 61.2 Å². The van der Waals surface area contributed by atoms with Crippen LogP contribution in [-0.2, 0) is 4.74 Å². The zero-order valence-corrected chi connectivity index (χ0v) is 15.1. The molecule has 2 N–H and O–H groups in total. The number of rotatable bonds is 3. The van der Waals surface area contributed by atoms with E-state index in [2.05, 4.69) is 15.1 Å². The summed E-state index contributed by atoms with van der Waals surface area (Å²) in [6.07, 6.45) is 1.34. The van der Waals surface area contributed by atoms with Gasteiger partial charge in [-0.1, -0.05) is 18.2 Å². The molecule has 3 aromatic heterocycles. The Bertz CT molecular complexity index is 1120. The van der Waals surface area contributed by atoms with Crippen molar-refractivity contribution in [3.63, 3.8) is 0 Å². The smallest absolute Gasteiger partial charge is 0.164 e. The number of ether oxygens (including phenoxy) is 1. The Balaban J connectivity index is 1.47. The Morgan fingerprint density at radius 2 is 1.79 bits per heavy atom. The first-order chi connectivity index (χ1) is 13.6. The Kier molecular flexibility index (Phi) is 3.97. The summed E-state index contributed by atoms with van der Waals surface area (Å²) in [7, 11) is 0. The van der Waals surface area contributed by atoms with Gasteiger partial charge in [-0.3, -0.25) is 0 Å². The average Bonchev–Trinajstić information content (AvgIpc) is 3.42. The monoisotopic (exact) mass is 377 g/mol. The third-order valence-corrected chi connectivity index (χ3v) is 5.14. The highest BCUT2D eigenvalue weighted by Gasteiger charge is 2.45. The molecule has 4 atom stereocenters. The van der Waals surface area contributed by atoms with Gasteiger partial charge in [-0.15, -0.1) is 0 Å². The molecule has 0 radical (unpaired) electrons. The summed E-state index contributed by atoms with van der Waals surface area (Å²) in [5.41, 5.74) is 2.95. The van der Waals surface area contributed by atoms with Crippen molar-refractivity contribution in [2.45, 2.75) is 31.5 Å². The molecule has 5 rings (SSSR count). The van der Waals surface area contributed by atoms with Crippen molar-refractivity contribution in [1.82, 2.24) is 24.3 Å². The Morgan fingerprint density at radius 1 is 0.964 bits per heavy atom. The Morgan fingerprint density at radius 3 is 2.61 bits per heavy atom. The van der Waals surface area contributed by atoms with E-state index in [-0.39, 0.29) is 0 Å². The van der Waals surface area contributed by atoms with E-state index in [1.165, 1.54) is 6.33 Å². The predicted octanol–water partition coefficient (Wildman–Crippen LogP) is 1.92. The van der Waals surface area contributed by atoms with E-state index in [0.717, 1.165) is 16.8 Å². The molecule has 4 unspecified atom stereocenters. The molecule has 142 valence electrons. The first-order valence-electron chi connectivity index (χ1n) is 9.04. The number of aryl methyl sites for hydroxylation is 1. The summed E-state index contributed by atoms with van der Waals surface area (Å²) in [5, 5.41) is 26.7. The lowest BCUT2D eigenvalue weighted by Crippen LogP contribution is -2.29. The van der Waals surface area contributed by atoms with Gasteiger partial charge in [0.15, 0.2) is 6.23 Å². The molecular formula is C20H19N5O3. The van der Waals surface area contributed by atoms with Crippen LogP contribution >= 0.6 is 0 Å². The molecule has 1 saturated heterocycles. The van der Waals surface area contributed by atoms with Gasteiger partial charge >= 0.3 is 0 Å². The molecule has 4 heterocycles. The number of aromatic nitrogens is 5. The molecular weight excluding hydrogens is 358 g/mol. The fourth-order valence-electron chi connectivity index (χ4n) is 3.65. The van der Waals surface area contributed by atoms with E-state index in [0.29, 0.717) is 11.3 Å². The first kappa shape index (κ1) is 17.1. The van der Waals surface area contributed by atoms with Gasteiger partial charge in [0.2, 0.25) is 0 Å². The molecule has 28 heavy (non-hydrogen) atoms. The molecule has 8 nitrogen and oxygen atoms in total. The van der Waals surface area contributed by atoms with E-state index in [1.54, 1.807) is 21.5 Å². The second-order valence-corrected chi connectivity index (χ2v) is 6.87. The van der Waals surface area contributed by atoms with Gasteiger partial charge in [-0.05, 0) is 31.2 Å². The lowest BCUT2D eigenvalue weighted by atomic mass is 10.1. The number of hydrogen-bond donors (Lipinski definition) is 2. The number of nitrogens with zero attached hydrogens (tertiary/aromatic N) is 5. The quantitative estimate of drug-likeness (QED) is 0.566. The minimum absolute atomic E-state index is 0.556. The molecule has 1 aliphatic rings. The van der Waals surface area contributed by atoms with Crippen molar-refractivity contribution in [3.05, 3.63) is 72.6 Å². The van der Waals surface area contributed by atoms with Crippen LogP contribution in [0.3, 0.4) is 0 Å². The van der Waals surface area contributed by atoms with Gasteiger partial charge in [0, 0.05) is 17.8 Å². The van der Waals surface area contributed by atoms with Crippen molar-refractivity contribution in [2.24, 2.45) is 0 Å². The lowest BCUT2D eigenvalue weighted by Gasteiger charge is -2.17. The van der Waals surface area contributed by atoms with E-state index in [1.807, 2.05) is 49.5 Å². The van der Waals surface area contributed by atoms with Gasteiger partial charge < -0.3 is 19.5 Å². The highest BCUT2D eigenvalue weighted by molar-refractivity contribution is 5.78. The SMILES string of the molecule is Cc1ncnc2c1ccn2C1OC(c2ccn(-c3ccccc3)n2)C(O)C1O. The van der Waals surface area contributed by atoms with Gasteiger partial charge in [0.25, 0.3) is 0 Å². The van der Waals surface area contributed by atoms with Crippen molar-refractivity contribution in [1.29, 1.82) is 0 Å². The summed E-state index contributed by atoms with van der Waals surface area (Å²) in [5.74, 6) is 0. The maximum absolute atomic E-state index is 10.6. The molecule has 1 fully saturated rings. The van der Waals surface area contributed by atoms with Crippen molar-refractivity contribution in [2.75, 3.05) is 0 Å². The zero-order valence-electron chi connectivity index (χ0n) is 15.1. The summed E-state index contributed by atoms with van der Waals surface area (Å²) in [6, 6.07) is 13.3. The van der Waals surface area contributed by atoms with Gasteiger partial charge in [-0.2, -0.15) is 5.10 Å². The summed E-state index contributed by atoms with van der Waals surface area (Å²) < 4.78 is 9.48. The van der Waals surface area contributed by atoms with Crippen molar-refractivity contribution in [3.8, 4) is 5.69 Å². The first-order valence-corrected chi connectivity index (χ1v) is 9.04. The highest BCUT2D eigenvalue weighted by Crippen LogP contribution is 2.39. The second kappa shape index (κ2) is 6.52. The molecule has 0 saturated carbocycles. The van der Waals surface area contributed by atoms with Crippen LogP contribution in [0, 0.1) is 6.92 Å². The maximum atomic E-state index is 10.6. The van der Waals surface area contributed by atoms with E-state index >= 15 is 0 Å². The van der Waals surface area contributed by atoms with Gasteiger partial charge in [0.1, 0.15) is 30.3 Å². The largest absolute Gasteiger partial charge is 0.387 e. The van der Waals surface area contributed by atoms with E-state index in [9.17, 15) is 10.2 Å². The molecule has 0 bridgehead atoms. The molecule has 4 aromatic rings. The fourth-order valence-corrected chi connectivity index (χ4v) is 3.65. The highest BCUT2D eigenvalue weighted by atomic mass is 16.6.